The first-order chi connectivity index (χ1) is 3.91. The highest BCUT2D eigenvalue weighted by Crippen LogP contribution is 1.81. The maximum absolute atomic E-state index is 11.1. The van der Waals surface area contributed by atoms with E-state index in [0.29, 0.717) is 6.61 Å². The fourth-order valence-electron chi connectivity index (χ4n) is 0.294. The highest BCUT2D eigenvalue weighted by molar-refractivity contribution is 4.18. The maximum atomic E-state index is 11.1. The molecule has 0 aromatic carbocycles. The van der Waals surface area contributed by atoms with Crippen LogP contribution in [0.3, 0.4) is 0 Å². The molecule has 0 spiro atoms. The molecule has 50 valence electrons. The van der Waals surface area contributed by atoms with Crippen molar-refractivity contribution in [1.29, 1.82) is 0 Å². The van der Waals surface area contributed by atoms with Crippen LogP contribution in [0.1, 0.15) is 13.3 Å². The van der Waals surface area contributed by atoms with Gasteiger partial charge in [0.25, 0.3) is 0 Å². The van der Waals surface area contributed by atoms with E-state index in [1.165, 1.54) is 0 Å². The number of alkyl halides is 1. The molecule has 0 saturated heterocycles. The Morgan fingerprint density at radius 3 is 2.62 bits per heavy atom. The Morgan fingerprint density at radius 2 is 2.12 bits per heavy atom. The van der Waals surface area contributed by atoms with Gasteiger partial charge in [-0.25, -0.2) is 4.39 Å². The van der Waals surface area contributed by atoms with Gasteiger partial charge in [-0.05, 0) is 6.42 Å². The molecule has 0 saturated carbocycles. The van der Waals surface area contributed by atoms with Gasteiger partial charge in [0.15, 0.2) is 6.86 Å². The molecule has 0 N–H and O–H groups in total. The van der Waals surface area contributed by atoms with Gasteiger partial charge in [0, 0.05) is 6.61 Å². The van der Waals surface area contributed by atoms with Gasteiger partial charge >= 0.3 is 0 Å². The third kappa shape index (κ3) is 5.85. The smallest absolute Gasteiger partial charge is 0.191 e. The minimum Gasteiger partial charge on any atom is -0.355 e. The second-order valence-corrected chi connectivity index (χ2v) is 1.34. The molecule has 0 fully saturated rings. The Bertz CT molecular complexity index is 35.4. The van der Waals surface area contributed by atoms with Crippen molar-refractivity contribution in [3.63, 3.8) is 0 Å². The van der Waals surface area contributed by atoms with E-state index in [-0.39, 0.29) is 6.79 Å². The molecule has 0 amide bonds. The fourth-order valence-corrected chi connectivity index (χ4v) is 0.294. The first kappa shape index (κ1) is 7.85. The van der Waals surface area contributed by atoms with E-state index in [2.05, 4.69) is 4.74 Å². The summed E-state index contributed by atoms with van der Waals surface area (Å²) < 4.78 is 20.1. The summed E-state index contributed by atoms with van der Waals surface area (Å²) in [5.41, 5.74) is 0. The molecule has 8 heavy (non-hydrogen) atoms. The Hall–Kier alpha value is -0.150. The van der Waals surface area contributed by atoms with Crippen LogP contribution in [0, 0.1) is 0 Å². The van der Waals surface area contributed by atoms with E-state index < -0.39 is 6.86 Å². The zero-order chi connectivity index (χ0) is 6.24. The summed E-state index contributed by atoms with van der Waals surface area (Å²) >= 11 is 0. The number of rotatable bonds is 5. The van der Waals surface area contributed by atoms with E-state index in [0.717, 1.165) is 6.42 Å². The van der Waals surface area contributed by atoms with Gasteiger partial charge in [0.1, 0.15) is 6.79 Å². The quantitative estimate of drug-likeness (QED) is 0.404. The van der Waals surface area contributed by atoms with Gasteiger partial charge in [-0.1, -0.05) is 6.92 Å². The Morgan fingerprint density at radius 1 is 1.38 bits per heavy atom. The molecule has 0 rings (SSSR count). The van der Waals surface area contributed by atoms with Crippen molar-refractivity contribution in [2.24, 2.45) is 0 Å². The molecular weight excluding hydrogens is 111 g/mol. The Labute approximate surface area is 48.6 Å². The Balaban J connectivity index is 2.53. The summed E-state index contributed by atoms with van der Waals surface area (Å²) in [6.07, 6.45) is 0.940. The molecule has 3 heteroatoms. The van der Waals surface area contributed by atoms with Gasteiger partial charge in [-0.3, -0.25) is 0 Å². The van der Waals surface area contributed by atoms with Gasteiger partial charge < -0.3 is 9.47 Å². The number of hydrogen-bond acceptors (Lipinski definition) is 2. The largest absolute Gasteiger partial charge is 0.355 e. The van der Waals surface area contributed by atoms with Crippen molar-refractivity contribution in [3.8, 4) is 0 Å². The first-order valence-electron chi connectivity index (χ1n) is 2.63. The minimum absolute atomic E-state index is 0.0737. The van der Waals surface area contributed by atoms with E-state index in [9.17, 15) is 4.39 Å². The molecule has 0 radical (unpaired) electrons. The van der Waals surface area contributed by atoms with Gasteiger partial charge in [-0.15, -0.1) is 0 Å². The van der Waals surface area contributed by atoms with Crippen LogP contribution in [-0.2, 0) is 9.47 Å². The molecule has 0 aliphatic carbocycles. The highest BCUT2D eigenvalue weighted by Gasteiger charge is 1.81. The van der Waals surface area contributed by atoms with Crippen LogP contribution in [0.4, 0.5) is 4.39 Å². The second kappa shape index (κ2) is 6.85. The molecule has 2 nitrogen and oxygen atoms in total. The van der Waals surface area contributed by atoms with Gasteiger partial charge in [-0.2, -0.15) is 0 Å². The number of halogens is 1. The summed E-state index contributed by atoms with van der Waals surface area (Å²) in [4.78, 5) is 0. The highest BCUT2D eigenvalue weighted by atomic mass is 19.1. The summed E-state index contributed by atoms with van der Waals surface area (Å²) in [6, 6.07) is 0. The molecule has 0 aliphatic rings. The molecule has 0 unspecified atom stereocenters. The molecular formula is C5H11FO2. The van der Waals surface area contributed by atoms with Crippen LogP contribution in [-0.4, -0.2) is 20.3 Å². The lowest BCUT2D eigenvalue weighted by atomic mass is 10.5. The molecule has 0 aromatic rings. The van der Waals surface area contributed by atoms with Crippen molar-refractivity contribution in [2.45, 2.75) is 13.3 Å². The van der Waals surface area contributed by atoms with Crippen LogP contribution >= 0.6 is 0 Å². The monoisotopic (exact) mass is 122 g/mol. The molecule has 0 heterocycles. The Kier molecular flexibility index (Phi) is 6.72. The van der Waals surface area contributed by atoms with Crippen molar-refractivity contribution in [1.82, 2.24) is 0 Å². The van der Waals surface area contributed by atoms with Crippen molar-refractivity contribution >= 4 is 0 Å². The molecule has 0 aromatic heterocycles. The lowest BCUT2D eigenvalue weighted by Gasteiger charge is -1.98. The van der Waals surface area contributed by atoms with Gasteiger partial charge in [0.05, 0.1) is 0 Å². The van der Waals surface area contributed by atoms with Crippen molar-refractivity contribution < 1.29 is 13.9 Å². The third-order valence-corrected chi connectivity index (χ3v) is 0.592. The zero-order valence-corrected chi connectivity index (χ0v) is 5.02. The summed E-state index contributed by atoms with van der Waals surface area (Å²) in [5.74, 6) is 0. The first-order valence-corrected chi connectivity index (χ1v) is 2.63. The van der Waals surface area contributed by atoms with E-state index in [4.69, 9.17) is 4.74 Å². The van der Waals surface area contributed by atoms with Gasteiger partial charge in [0.2, 0.25) is 0 Å². The predicted molar refractivity (Wildman–Crippen MR) is 28.2 cm³/mol. The average Bonchev–Trinajstić information content (AvgIpc) is 1.81. The number of ether oxygens (including phenoxy) is 2. The lowest BCUT2D eigenvalue weighted by Crippen LogP contribution is -1.98. The van der Waals surface area contributed by atoms with Crippen LogP contribution in [0.15, 0.2) is 0 Å². The van der Waals surface area contributed by atoms with E-state index in [1.807, 2.05) is 6.92 Å². The average molecular weight is 122 g/mol. The summed E-state index contributed by atoms with van der Waals surface area (Å²) in [6.45, 7) is 1.93. The van der Waals surface area contributed by atoms with Crippen LogP contribution in [0.5, 0.6) is 0 Å². The SMILES string of the molecule is CCCOCOCF. The zero-order valence-electron chi connectivity index (χ0n) is 5.02. The standard InChI is InChI=1S/C5H11FO2/c1-2-3-7-5-8-4-6/h2-5H2,1H3. The normalized spacial score (nSPS) is 9.75. The fraction of sp³-hybridized carbons (Fsp3) is 1.00. The lowest BCUT2D eigenvalue weighted by molar-refractivity contribution is -0.0820. The van der Waals surface area contributed by atoms with Crippen molar-refractivity contribution in [2.75, 3.05) is 20.3 Å². The summed E-state index contributed by atoms with van der Waals surface area (Å²) in [5, 5.41) is 0. The minimum atomic E-state index is -0.760. The van der Waals surface area contributed by atoms with E-state index >= 15 is 0 Å². The van der Waals surface area contributed by atoms with Crippen LogP contribution in [0.25, 0.3) is 0 Å². The van der Waals surface area contributed by atoms with E-state index in [1.54, 1.807) is 0 Å². The van der Waals surface area contributed by atoms with Crippen LogP contribution < -0.4 is 0 Å². The van der Waals surface area contributed by atoms with Crippen LogP contribution in [0.2, 0.25) is 0 Å². The molecule has 0 aliphatic heterocycles. The summed E-state index contributed by atoms with van der Waals surface area (Å²) in [7, 11) is 0. The van der Waals surface area contributed by atoms with Crippen molar-refractivity contribution in [3.05, 3.63) is 0 Å². The third-order valence-electron chi connectivity index (χ3n) is 0.592. The maximum Gasteiger partial charge on any atom is 0.191 e. The molecule has 0 atom stereocenters. The second-order valence-electron chi connectivity index (χ2n) is 1.34. The molecule has 0 bridgehead atoms. The predicted octanol–water partition coefficient (Wildman–Crippen LogP) is 1.31. The number of hydrogen-bond donors (Lipinski definition) is 0. The topological polar surface area (TPSA) is 18.5 Å².